The van der Waals surface area contributed by atoms with E-state index in [0.29, 0.717) is 15.5 Å². The van der Waals surface area contributed by atoms with Crippen LogP contribution in [-0.2, 0) is 0 Å². The lowest BCUT2D eigenvalue weighted by molar-refractivity contribution is 0.199. The van der Waals surface area contributed by atoms with Crippen LogP contribution in [0.2, 0.25) is 5.02 Å². The minimum absolute atomic E-state index is 0.173. The third-order valence-electron chi connectivity index (χ3n) is 2.55. The average molecular weight is 301 g/mol. The maximum atomic E-state index is 13.5. The molecule has 0 spiro atoms. The molecule has 1 atom stereocenters. The molecule has 0 aliphatic rings. The molecule has 100 valence electrons. The molecule has 1 N–H and O–H groups in total. The third kappa shape index (κ3) is 3.47. The molecule has 2 aromatic carbocycles. The van der Waals surface area contributed by atoms with E-state index in [1.54, 1.807) is 25.1 Å². The van der Waals surface area contributed by atoms with Gasteiger partial charge < -0.3 is 5.11 Å². The summed E-state index contributed by atoms with van der Waals surface area (Å²) in [6.07, 6.45) is -0.623. The fraction of sp³-hybridized carbons (Fsp3) is 0.143. The van der Waals surface area contributed by atoms with E-state index >= 15 is 0 Å². The Kier molecular flexibility index (Phi) is 4.45. The van der Waals surface area contributed by atoms with Crippen molar-refractivity contribution in [3.05, 3.63) is 58.6 Å². The summed E-state index contributed by atoms with van der Waals surface area (Å²) in [5.74, 6) is -0.998. The lowest BCUT2D eigenvalue weighted by Crippen LogP contribution is -1.91. The van der Waals surface area contributed by atoms with Crippen molar-refractivity contribution in [2.45, 2.75) is 22.8 Å². The van der Waals surface area contributed by atoms with Gasteiger partial charge in [0.2, 0.25) is 0 Å². The lowest BCUT2D eigenvalue weighted by atomic mass is 10.1. The normalized spacial score (nSPS) is 12.5. The van der Waals surface area contributed by atoms with Crippen LogP contribution in [0.5, 0.6) is 0 Å². The minimum atomic E-state index is -0.623. The second-order valence-electron chi connectivity index (χ2n) is 4.04. The van der Waals surface area contributed by atoms with E-state index in [0.717, 1.165) is 30.0 Å². The van der Waals surface area contributed by atoms with Crippen molar-refractivity contribution in [1.82, 2.24) is 0 Å². The Hall–Kier alpha value is -1.10. The van der Waals surface area contributed by atoms with Gasteiger partial charge in [0, 0.05) is 4.90 Å². The highest BCUT2D eigenvalue weighted by Crippen LogP contribution is 2.36. The first-order valence-corrected chi connectivity index (χ1v) is 6.77. The molecule has 0 saturated carbocycles. The van der Waals surface area contributed by atoms with Crippen molar-refractivity contribution in [3.8, 4) is 0 Å². The molecule has 0 aliphatic carbocycles. The lowest BCUT2D eigenvalue weighted by Gasteiger charge is -2.09. The first-order chi connectivity index (χ1) is 8.97. The van der Waals surface area contributed by atoms with Crippen molar-refractivity contribution < 1.29 is 13.9 Å². The Bertz CT molecular complexity index is 602. The Labute approximate surface area is 119 Å². The molecule has 5 heteroatoms. The maximum absolute atomic E-state index is 13.5. The molecule has 0 aliphatic heterocycles. The summed E-state index contributed by atoms with van der Waals surface area (Å²) in [5, 5.41) is 9.83. The van der Waals surface area contributed by atoms with Gasteiger partial charge >= 0.3 is 0 Å². The molecule has 0 saturated heterocycles. The van der Waals surface area contributed by atoms with Crippen molar-refractivity contribution in [2.75, 3.05) is 0 Å². The van der Waals surface area contributed by atoms with Gasteiger partial charge in [-0.15, -0.1) is 0 Å². The molecular formula is C14H11ClF2OS. The van der Waals surface area contributed by atoms with Gasteiger partial charge in [-0.05, 0) is 42.8 Å². The average Bonchev–Trinajstić information content (AvgIpc) is 2.36. The van der Waals surface area contributed by atoms with Crippen molar-refractivity contribution in [1.29, 1.82) is 0 Å². The van der Waals surface area contributed by atoms with Crippen LogP contribution in [0, 0.1) is 11.6 Å². The van der Waals surface area contributed by atoms with Gasteiger partial charge in [-0.3, -0.25) is 0 Å². The van der Waals surface area contributed by atoms with Gasteiger partial charge in [0.05, 0.1) is 16.0 Å². The summed E-state index contributed by atoms with van der Waals surface area (Å²) in [6, 6.07) is 8.27. The van der Waals surface area contributed by atoms with Crippen molar-refractivity contribution >= 4 is 23.4 Å². The zero-order valence-electron chi connectivity index (χ0n) is 10.0. The summed E-state index contributed by atoms with van der Waals surface area (Å²) in [7, 11) is 0. The predicted octanol–water partition coefficient (Wildman–Crippen LogP) is 4.82. The molecule has 2 aromatic rings. The van der Waals surface area contributed by atoms with Crippen LogP contribution in [0.4, 0.5) is 8.78 Å². The van der Waals surface area contributed by atoms with Crippen LogP contribution in [0.25, 0.3) is 0 Å². The van der Waals surface area contributed by atoms with Crippen LogP contribution >= 0.6 is 23.4 Å². The van der Waals surface area contributed by atoms with Crippen LogP contribution in [0.15, 0.2) is 46.2 Å². The second-order valence-corrected chi connectivity index (χ2v) is 5.53. The van der Waals surface area contributed by atoms with Crippen LogP contribution in [0.1, 0.15) is 18.6 Å². The van der Waals surface area contributed by atoms with E-state index in [1.807, 2.05) is 0 Å². The molecule has 2 rings (SSSR count). The number of halogens is 3. The number of rotatable bonds is 3. The predicted molar refractivity (Wildman–Crippen MR) is 72.6 cm³/mol. The standard InChI is InChI=1S/C14H11ClF2OS/c1-8(18)9-2-5-13(11(15)6-9)19-14-7-10(16)3-4-12(14)17/h2-8,18H,1H3/t8-/m1/s1. The molecular weight excluding hydrogens is 290 g/mol. The van der Waals surface area contributed by atoms with E-state index in [2.05, 4.69) is 0 Å². The van der Waals surface area contributed by atoms with Gasteiger partial charge in [-0.2, -0.15) is 0 Å². The quantitative estimate of drug-likeness (QED) is 0.876. The zero-order chi connectivity index (χ0) is 14.0. The van der Waals surface area contributed by atoms with Crippen LogP contribution in [-0.4, -0.2) is 5.11 Å². The number of aliphatic hydroxyl groups is 1. The van der Waals surface area contributed by atoms with E-state index in [9.17, 15) is 13.9 Å². The smallest absolute Gasteiger partial charge is 0.137 e. The molecule has 19 heavy (non-hydrogen) atoms. The fourth-order valence-electron chi connectivity index (χ4n) is 1.53. The highest BCUT2D eigenvalue weighted by molar-refractivity contribution is 7.99. The molecule has 0 unspecified atom stereocenters. The monoisotopic (exact) mass is 300 g/mol. The summed E-state index contributed by atoms with van der Waals surface area (Å²) >= 11 is 7.11. The zero-order valence-corrected chi connectivity index (χ0v) is 11.6. The maximum Gasteiger partial charge on any atom is 0.137 e. The number of hydrogen-bond donors (Lipinski definition) is 1. The minimum Gasteiger partial charge on any atom is -0.389 e. The molecule has 0 aromatic heterocycles. The van der Waals surface area contributed by atoms with Gasteiger partial charge in [0.25, 0.3) is 0 Å². The SMILES string of the molecule is C[C@@H](O)c1ccc(Sc2cc(F)ccc2F)c(Cl)c1. The highest BCUT2D eigenvalue weighted by Gasteiger charge is 2.10. The first-order valence-electron chi connectivity index (χ1n) is 5.58. The summed E-state index contributed by atoms with van der Waals surface area (Å²) in [5.41, 5.74) is 0.675. The molecule has 0 fully saturated rings. The third-order valence-corrected chi connectivity index (χ3v) is 4.08. The van der Waals surface area contributed by atoms with E-state index in [4.69, 9.17) is 11.6 Å². The first kappa shape index (κ1) is 14.3. The van der Waals surface area contributed by atoms with Gasteiger partial charge in [0.15, 0.2) is 0 Å². The number of aliphatic hydroxyl groups excluding tert-OH is 1. The van der Waals surface area contributed by atoms with Crippen molar-refractivity contribution in [3.63, 3.8) is 0 Å². The number of hydrogen-bond acceptors (Lipinski definition) is 2. The van der Waals surface area contributed by atoms with E-state index in [-0.39, 0.29) is 4.90 Å². The summed E-state index contributed by atoms with van der Waals surface area (Å²) in [6.45, 7) is 1.63. The van der Waals surface area contributed by atoms with Gasteiger partial charge in [-0.25, -0.2) is 8.78 Å². The number of benzene rings is 2. The van der Waals surface area contributed by atoms with E-state index in [1.165, 1.54) is 0 Å². The second kappa shape index (κ2) is 5.90. The summed E-state index contributed by atoms with van der Waals surface area (Å²) in [4.78, 5) is 0.780. The van der Waals surface area contributed by atoms with Crippen LogP contribution in [0.3, 0.4) is 0 Å². The highest BCUT2D eigenvalue weighted by atomic mass is 35.5. The molecule has 0 heterocycles. The van der Waals surface area contributed by atoms with Crippen LogP contribution < -0.4 is 0 Å². The van der Waals surface area contributed by atoms with Gasteiger partial charge in [0.1, 0.15) is 11.6 Å². The van der Waals surface area contributed by atoms with Crippen molar-refractivity contribution in [2.24, 2.45) is 0 Å². The topological polar surface area (TPSA) is 20.2 Å². The fourth-order valence-corrected chi connectivity index (χ4v) is 2.70. The Morgan fingerprint density at radius 3 is 2.47 bits per heavy atom. The van der Waals surface area contributed by atoms with E-state index < -0.39 is 17.7 Å². The molecule has 0 amide bonds. The largest absolute Gasteiger partial charge is 0.389 e. The molecule has 1 nitrogen and oxygen atoms in total. The van der Waals surface area contributed by atoms with Gasteiger partial charge in [-0.1, -0.05) is 29.4 Å². The Morgan fingerprint density at radius 1 is 1.11 bits per heavy atom. The molecule has 0 radical (unpaired) electrons. The molecule has 0 bridgehead atoms. The Balaban J connectivity index is 2.31. The summed E-state index contributed by atoms with van der Waals surface area (Å²) < 4.78 is 26.6. The Morgan fingerprint density at radius 2 is 1.84 bits per heavy atom.